The molecule has 4 rings (SSSR count). The molecule has 4 nitrogen and oxygen atoms in total. The van der Waals surface area contributed by atoms with Crippen LogP contribution in [0.5, 0.6) is 0 Å². The van der Waals surface area contributed by atoms with Crippen molar-refractivity contribution in [3.05, 3.63) is 102 Å². The summed E-state index contributed by atoms with van der Waals surface area (Å²) in [4.78, 5) is 25.5. The van der Waals surface area contributed by atoms with Crippen LogP contribution < -0.4 is 5.32 Å². The Bertz CT molecular complexity index is 1130. The number of fused-ring (bicyclic) bond motifs is 1. The molecule has 0 radical (unpaired) electrons. The molecule has 4 aromatic rings. The van der Waals surface area contributed by atoms with Crippen LogP contribution in [0.3, 0.4) is 0 Å². The zero-order valence-corrected chi connectivity index (χ0v) is 14.1. The number of nitrogens with one attached hydrogen (secondary N) is 1. The maximum absolute atomic E-state index is 13.2. The lowest BCUT2D eigenvalue weighted by Gasteiger charge is -2.06. The van der Waals surface area contributed by atoms with E-state index in [1.165, 1.54) is 24.3 Å². The minimum Gasteiger partial charge on any atom is -0.450 e. The molecule has 0 fully saturated rings. The van der Waals surface area contributed by atoms with E-state index in [-0.39, 0.29) is 17.2 Å². The molecule has 1 heterocycles. The van der Waals surface area contributed by atoms with Gasteiger partial charge in [-0.1, -0.05) is 30.3 Å². The minimum atomic E-state index is -0.436. The average molecular weight is 359 g/mol. The molecule has 0 bridgehead atoms. The van der Waals surface area contributed by atoms with Crippen molar-refractivity contribution >= 4 is 28.3 Å². The zero-order chi connectivity index (χ0) is 18.8. The van der Waals surface area contributed by atoms with Gasteiger partial charge in [0.15, 0.2) is 5.76 Å². The lowest BCUT2D eigenvalue weighted by molar-refractivity contribution is 0.101. The second-order valence-corrected chi connectivity index (χ2v) is 5.96. The van der Waals surface area contributed by atoms with Gasteiger partial charge in [0.25, 0.3) is 5.91 Å². The number of rotatable bonds is 4. The second-order valence-electron chi connectivity index (χ2n) is 5.96. The van der Waals surface area contributed by atoms with Gasteiger partial charge >= 0.3 is 0 Å². The van der Waals surface area contributed by atoms with Gasteiger partial charge < -0.3 is 9.73 Å². The molecule has 3 aromatic carbocycles. The smallest absolute Gasteiger partial charge is 0.255 e. The van der Waals surface area contributed by atoms with Crippen molar-refractivity contribution < 1.29 is 18.4 Å². The maximum Gasteiger partial charge on any atom is 0.255 e. The van der Waals surface area contributed by atoms with Gasteiger partial charge in [-0.25, -0.2) is 4.39 Å². The first-order valence-corrected chi connectivity index (χ1v) is 8.31. The maximum atomic E-state index is 13.2. The third kappa shape index (κ3) is 3.22. The standard InChI is InChI=1S/C22H14FNO3/c23-16-12-10-14(11-13-16)20(25)21-19(17-8-4-5-9-18(17)27-21)24-22(26)15-6-2-1-3-7-15/h1-13H,(H,24,26). The predicted octanol–water partition coefficient (Wildman–Crippen LogP) is 5.06. The summed E-state index contributed by atoms with van der Waals surface area (Å²) in [5.41, 5.74) is 1.51. The first kappa shape index (κ1) is 16.7. The molecule has 0 unspecified atom stereocenters. The molecule has 0 saturated heterocycles. The number of furan rings is 1. The molecule has 1 amide bonds. The normalized spacial score (nSPS) is 10.7. The molecule has 0 atom stereocenters. The topological polar surface area (TPSA) is 59.3 Å². The molecule has 0 saturated carbocycles. The molecular weight excluding hydrogens is 345 g/mol. The summed E-state index contributed by atoms with van der Waals surface area (Å²) in [6, 6.07) is 20.9. The number of para-hydroxylation sites is 1. The summed E-state index contributed by atoms with van der Waals surface area (Å²) in [7, 11) is 0. The van der Waals surface area contributed by atoms with Crippen LogP contribution in [-0.4, -0.2) is 11.7 Å². The van der Waals surface area contributed by atoms with E-state index in [2.05, 4.69) is 5.32 Å². The van der Waals surface area contributed by atoms with Crippen molar-refractivity contribution in [3.8, 4) is 0 Å². The fourth-order valence-corrected chi connectivity index (χ4v) is 2.84. The van der Waals surface area contributed by atoms with Crippen LogP contribution in [0.4, 0.5) is 10.1 Å². The summed E-state index contributed by atoms with van der Waals surface area (Å²) in [6.45, 7) is 0. The number of hydrogen-bond donors (Lipinski definition) is 1. The predicted molar refractivity (Wildman–Crippen MR) is 100 cm³/mol. The summed E-state index contributed by atoms with van der Waals surface area (Å²) in [6.07, 6.45) is 0. The Labute approximate surface area is 154 Å². The van der Waals surface area contributed by atoms with Crippen molar-refractivity contribution in [2.75, 3.05) is 5.32 Å². The molecular formula is C22H14FNO3. The Kier molecular flexibility index (Phi) is 4.26. The van der Waals surface area contributed by atoms with Gasteiger partial charge in [0.1, 0.15) is 11.4 Å². The van der Waals surface area contributed by atoms with Crippen LogP contribution in [0.1, 0.15) is 26.5 Å². The zero-order valence-electron chi connectivity index (χ0n) is 14.1. The van der Waals surface area contributed by atoms with Gasteiger partial charge in [-0.05, 0) is 48.5 Å². The van der Waals surface area contributed by atoms with Gasteiger partial charge in [-0.3, -0.25) is 9.59 Å². The molecule has 27 heavy (non-hydrogen) atoms. The highest BCUT2D eigenvalue weighted by atomic mass is 19.1. The van der Waals surface area contributed by atoms with Crippen LogP contribution in [-0.2, 0) is 0 Å². The fourth-order valence-electron chi connectivity index (χ4n) is 2.84. The van der Waals surface area contributed by atoms with E-state index in [4.69, 9.17) is 4.42 Å². The van der Waals surface area contributed by atoms with E-state index in [0.29, 0.717) is 22.2 Å². The molecule has 5 heteroatoms. The fraction of sp³-hybridized carbons (Fsp3) is 0. The number of amides is 1. The highest BCUT2D eigenvalue weighted by Crippen LogP contribution is 2.32. The number of benzene rings is 3. The number of halogens is 1. The van der Waals surface area contributed by atoms with Gasteiger partial charge in [0.05, 0.1) is 5.69 Å². The summed E-state index contributed by atoms with van der Waals surface area (Å²) < 4.78 is 18.9. The third-order valence-corrected chi connectivity index (χ3v) is 4.18. The number of carbonyl (C=O) groups excluding carboxylic acids is 2. The number of carbonyl (C=O) groups is 2. The Morgan fingerprint density at radius 2 is 1.44 bits per heavy atom. The summed E-state index contributed by atoms with van der Waals surface area (Å²) >= 11 is 0. The van der Waals surface area contributed by atoms with E-state index in [0.717, 1.165) is 0 Å². The molecule has 1 N–H and O–H groups in total. The van der Waals surface area contributed by atoms with Crippen molar-refractivity contribution in [2.24, 2.45) is 0 Å². The van der Waals surface area contributed by atoms with Gasteiger partial charge in [0.2, 0.25) is 5.78 Å². The van der Waals surface area contributed by atoms with E-state index < -0.39 is 11.6 Å². The van der Waals surface area contributed by atoms with E-state index in [9.17, 15) is 14.0 Å². The van der Waals surface area contributed by atoms with Crippen molar-refractivity contribution in [3.63, 3.8) is 0 Å². The van der Waals surface area contributed by atoms with Crippen LogP contribution in [0.25, 0.3) is 11.0 Å². The van der Waals surface area contributed by atoms with Crippen LogP contribution in [0, 0.1) is 5.82 Å². The molecule has 0 aliphatic carbocycles. The Balaban J connectivity index is 1.79. The lowest BCUT2D eigenvalue weighted by atomic mass is 10.1. The van der Waals surface area contributed by atoms with E-state index >= 15 is 0 Å². The van der Waals surface area contributed by atoms with Crippen LogP contribution >= 0.6 is 0 Å². The highest BCUT2D eigenvalue weighted by Gasteiger charge is 2.23. The first-order valence-electron chi connectivity index (χ1n) is 8.31. The third-order valence-electron chi connectivity index (χ3n) is 4.18. The number of hydrogen-bond acceptors (Lipinski definition) is 3. The lowest BCUT2D eigenvalue weighted by Crippen LogP contribution is -2.14. The largest absolute Gasteiger partial charge is 0.450 e. The van der Waals surface area contributed by atoms with Crippen molar-refractivity contribution in [1.29, 1.82) is 0 Å². The van der Waals surface area contributed by atoms with Crippen LogP contribution in [0.15, 0.2) is 83.3 Å². The van der Waals surface area contributed by atoms with E-state index in [1.807, 2.05) is 6.07 Å². The second kappa shape index (κ2) is 6.88. The first-order chi connectivity index (χ1) is 13.1. The average Bonchev–Trinajstić information content (AvgIpc) is 3.07. The summed E-state index contributed by atoms with van der Waals surface area (Å²) in [5.74, 6) is -1.22. The van der Waals surface area contributed by atoms with Gasteiger partial charge in [-0.15, -0.1) is 0 Å². The summed E-state index contributed by atoms with van der Waals surface area (Å²) in [5, 5.41) is 3.40. The molecule has 0 spiro atoms. The molecule has 0 aliphatic rings. The molecule has 1 aromatic heterocycles. The Morgan fingerprint density at radius 3 is 2.19 bits per heavy atom. The monoisotopic (exact) mass is 359 g/mol. The van der Waals surface area contributed by atoms with Crippen LogP contribution in [0.2, 0.25) is 0 Å². The molecule has 0 aliphatic heterocycles. The van der Waals surface area contributed by atoms with Crippen molar-refractivity contribution in [2.45, 2.75) is 0 Å². The van der Waals surface area contributed by atoms with Gasteiger partial charge in [0, 0.05) is 16.5 Å². The minimum absolute atomic E-state index is 0.00656. The Morgan fingerprint density at radius 1 is 0.778 bits per heavy atom. The Hall–Kier alpha value is -3.73. The SMILES string of the molecule is O=C(Nc1c(C(=O)c2ccc(F)cc2)oc2ccccc12)c1ccccc1. The van der Waals surface area contributed by atoms with Gasteiger partial charge in [-0.2, -0.15) is 0 Å². The van der Waals surface area contributed by atoms with Crippen molar-refractivity contribution in [1.82, 2.24) is 0 Å². The highest BCUT2D eigenvalue weighted by molar-refractivity contribution is 6.18. The number of ketones is 1. The quantitative estimate of drug-likeness (QED) is 0.519. The van der Waals surface area contributed by atoms with E-state index in [1.54, 1.807) is 48.5 Å². The molecule has 132 valence electrons. The number of anilines is 1.